The summed E-state index contributed by atoms with van der Waals surface area (Å²) in [6, 6.07) is 0. The molecule has 0 amide bonds. The number of anilines is 1. The van der Waals surface area contributed by atoms with E-state index in [9.17, 15) is 13.2 Å². The van der Waals surface area contributed by atoms with Crippen molar-refractivity contribution in [3.05, 3.63) is 5.82 Å². The minimum Gasteiger partial charge on any atom is -0.382 e. The zero-order valence-corrected chi connectivity index (χ0v) is 8.78. The number of thioether (sulfide) groups is 1. The van der Waals surface area contributed by atoms with Crippen molar-refractivity contribution in [3.63, 3.8) is 0 Å². The van der Waals surface area contributed by atoms with Gasteiger partial charge in [0.15, 0.2) is 22.1 Å². The summed E-state index contributed by atoms with van der Waals surface area (Å²) in [6.45, 7) is 0. The minimum atomic E-state index is -4.55. The molecule has 0 aliphatic rings. The van der Waals surface area contributed by atoms with Gasteiger partial charge in [-0.3, -0.25) is 0 Å². The summed E-state index contributed by atoms with van der Waals surface area (Å²) in [6.07, 6.45) is -2.85. The van der Waals surface area contributed by atoms with Gasteiger partial charge in [-0.1, -0.05) is 11.8 Å². The molecule has 0 spiro atoms. The highest BCUT2D eigenvalue weighted by Crippen LogP contribution is 2.29. The number of hydrogen-bond acceptors (Lipinski definition) is 5. The standard InChI is InChI=1S/C7H6F3N5S/c1-16-6-13-3(11)2-4(15-6)14-5(12-2)7(8,9)10/h1H3,(H3,11,12,13,14,15). The second-order valence-corrected chi connectivity index (χ2v) is 3.65. The van der Waals surface area contributed by atoms with Gasteiger partial charge in [-0.25, -0.2) is 15.0 Å². The summed E-state index contributed by atoms with van der Waals surface area (Å²) in [5.41, 5.74) is 5.40. The van der Waals surface area contributed by atoms with Gasteiger partial charge < -0.3 is 10.7 Å². The van der Waals surface area contributed by atoms with E-state index in [1.807, 2.05) is 0 Å². The van der Waals surface area contributed by atoms with E-state index in [2.05, 4.69) is 19.9 Å². The van der Waals surface area contributed by atoms with Crippen molar-refractivity contribution >= 4 is 28.7 Å². The van der Waals surface area contributed by atoms with Crippen molar-refractivity contribution in [2.75, 3.05) is 12.0 Å². The molecule has 0 saturated carbocycles. The van der Waals surface area contributed by atoms with Crippen molar-refractivity contribution in [1.82, 2.24) is 19.9 Å². The number of alkyl halides is 3. The van der Waals surface area contributed by atoms with Crippen LogP contribution >= 0.6 is 11.8 Å². The Hall–Kier alpha value is -1.51. The molecule has 86 valence electrons. The minimum absolute atomic E-state index is 0.0100. The van der Waals surface area contributed by atoms with E-state index in [0.29, 0.717) is 5.16 Å². The van der Waals surface area contributed by atoms with Crippen molar-refractivity contribution in [3.8, 4) is 0 Å². The van der Waals surface area contributed by atoms with Crippen LogP contribution in [-0.2, 0) is 6.18 Å². The van der Waals surface area contributed by atoms with Gasteiger partial charge >= 0.3 is 6.18 Å². The third kappa shape index (κ3) is 1.77. The molecule has 0 bridgehead atoms. The van der Waals surface area contributed by atoms with Gasteiger partial charge in [0.05, 0.1) is 0 Å². The normalized spacial score (nSPS) is 12.2. The lowest BCUT2D eigenvalue weighted by atomic mass is 10.5. The molecule has 2 aromatic rings. The molecule has 2 aromatic heterocycles. The fraction of sp³-hybridized carbons (Fsp3) is 0.286. The number of imidazole rings is 1. The van der Waals surface area contributed by atoms with E-state index in [4.69, 9.17) is 5.73 Å². The number of nitrogens with two attached hydrogens (primary N) is 1. The summed E-state index contributed by atoms with van der Waals surface area (Å²) in [5, 5.41) is 0.294. The lowest BCUT2D eigenvalue weighted by Crippen LogP contribution is -2.07. The van der Waals surface area contributed by atoms with Crippen LogP contribution in [0.15, 0.2) is 5.16 Å². The first-order chi connectivity index (χ1) is 7.41. The van der Waals surface area contributed by atoms with Crippen LogP contribution in [0.1, 0.15) is 5.82 Å². The largest absolute Gasteiger partial charge is 0.449 e. The summed E-state index contributed by atoms with van der Waals surface area (Å²) in [4.78, 5) is 13.0. The van der Waals surface area contributed by atoms with Crippen LogP contribution in [-0.4, -0.2) is 26.2 Å². The second-order valence-electron chi connectivity index (χ2n) is 2.88. The molecule has 5 nitrogen and oxygen atoms in total. The van der Waals surface area contributed by atoms with Gasteiger partial charge in [0.1, 0.15) is 0 Å². The molecule has 2 rings (SSSR count). The number of fused-ring (bicyclic) bond motifs is 1. The van der Waals surface area contributed by atoms with Crippen LogP contribution in [0.3, 0.4) is 0 Å². The number of aromatic nitrogens is 4. The van der Waals surface area contributed by atoms with Gasteiger partial charge in [0.2, 0.25) is 5.82 Å². The van der Waals surface area contributed by atoms with Crippen LogP contribution < -0.4 is 5.73 Å². The van der Waals surface area contributed by atoms with Gasteiger partial charge in [0, 0.05) is 0 Å². The Morgan fingerprint density at radius 3 is 2.50 bits per heavy atom. The fourth-order valence-corrected chi connectivity index (χ4v) is 1.50. The highest BCUT2D eigenvalue weighted by atomic mass is 32.2. The second kappa shape index (κ2) is 3.51. The highest BCUT2D eigenvalue weighted by Gasteiger charge is 2.35. The summed E-state index contributed by atoms with van der Waals surface area (Å²) >= 11 is 1.18. The van der Waals surface area contributed by atoms with Gasteiger partial charge in [-0.15, -0.1) is 0 Å². The van der Waals surface area contributed by atoms with E-state index < -0.39 is 12.0 Å². The lowest BCUT2D eigenvalue weighted by molar-refractivity contribution is -0.144. The summed E-state index contributed by atoms with van der Waals surface area (Å²) < 4.78 is 37.1. The van der Waals surface area contributed by atoms with Crippen molar-refractivity contribution in [2.45, 2.75) is 11.3 Å². The van der Waals surface area contributed by atoms with E-state index in [-0.39, 0.29) is 17.0 Å². The van der Waals surface area contributed by atoms with E-state index in [0.717, 1.165) is 0 Å². The topological polar surface area (TPSA) is 80.5 Å². The van der Waals surface area contributed by atoms with Crippen LogP contribution in [0.2, 0.25) is 0 Å². The molecular weight excluding hydrogens is 243 g/mol. The highest BCUT2D eigenvalue weighted by molar-refractivity contribution is 7.98. The maximum absolute atomic E-state index is 12.4. The first-order valence-corrected chi connectivity index (χ1v) is 5.28. The maximum atomic E-state index is 12.4. The van der Waals surface area contributed by atoms with Crippen molar-refractivity contribution in [2.24, 2.45) is 0 Å². The number of nitrogen functional groups attached to an aromatic ring is 1. The first-order valence-electron chi connectivity index (χ1n) is 4.06. The maximum Gasteiger partial charge on any atom is 0.449 e. The number of nitrogens with one attached hydrogen (secondary N) is 1. The Morgan fingerprint density at radius 2 is 1.94 bits per heavy atom. The van der Waals surface area contributed by atoms with Crippen LogP contribution in [0.5, 0.6) is 0 Å². The number of nitrogens with zero attached hydrogens (tertiary/aromatic N) is 3. The Labute approximate surface area is 91.7 Å². The van der Waals surface area contributed by atoms with Crippen molar-refractivity contribution < 1.29 is 13.2 Å². The molecule has 0 fully saturated rings. The summed E-state index contributed by atoms with van der Waals surface area (Å²) in [5.74, 6) is -1.19. The Balaban J connectivity index is 2.66. The number of hydrogen-bond donors (Lipinski definition) is 2. The molecule has 0 aliphatic carbocycles. The van der Waals surface area contributed by atoms with Gasteiger partial charge in [0.25, 0.3) is 0 Å². The number of H-pyrrole nitrogens is 1. The third-order valence-electron chi connectivity index (χ3n) is 1.80. The number of aromatic amines is 1. The zero-order valence-electron chi connectivity index (χ0n) is 7.96. The van der Waals surface area contributed by atoms with Gasteiger partial charge in [-0.2, -0.15) is 13.2 Å². The average molecular weight is 249 g/mol. The predicted octanol–water partition coefficient (Wildman–Crippen LogP) is 1.68. The van der Waals surface area contributed by atoms with E-state index in [1.54, 1.807) is 6.26 Å². The Bertz CT molecular complexity index is 535. The third-order valence-corrected chi connectivity index (χ3v) is 2.35. The summed E-state index contributed by atoms with van der Waals surface area (Å²) in [7, 11) is 0. The Kier molecular flexibility index (Phi) is 2.41. The molecule has 9 heteroatoms. The molecule has 3 N–H and O–H groups in total. The number of halogens is 3. The van der Waals surface area contributed by atoms with Gasteiger partial charge in [-0.05, 0) is 6.26 Å². The molecule has 0 unspecified atom stereocenters. The monoisotopic (exact) mass is 249 g/mol. The smallest absolute Gasteiger partial charge is 0.382 e. The first kappa shape index (κ1) is 11.0. The molecule has 2 heterocycles. The van der Waals surface area contributed by atoms with E-state index >= 15 is 0 Å². The molecule has 0 radical (unpaired) electrons. The quantitative estimate of drug-likeness (QED) is 0.593. The zero-order chi connectivity index (χ0) is 11.9. The average Bonchev–Trinajstić information content (AvgIpc) is 2.61. The molecule has 0 saturated heterocycles. The van der Waals surface area contributed by atoms with Crippen LogP contribution in [0.4, 0.5) is 19.0 Å². The molecule has 0 atom stereocenters. The number of rotatable bonds is 1. The predicted molar refractivity (Wildman–Crippen MR) is 52.9 cm³/mol. The molecule has 0 aromatic carbocycles. The molecular formula is C7H6F3N5S. The van der Waals surface area contributed by atoms with Crippen LogP contribution in [0, 0.1) is 0 Å². The van der Waals surface area contributed by atoms with E-state index in [1.165, 1.54) is 11.8 Å². The lowest BCUT2D eigenvalue weighted by Gasteiger charge is -1.98. The fourth-order valence-electron chi connectivity index (χ4n) is 1.13. The SMILES string of the molecule is CSc1nc(N)c2nc(C(F)(F)F)[nH]c2n1. The van der Waals surface area contributed by atoms with Crippen LogP contribution in [0.25, 0.3) is 11.2 Å². The molecule has 16 heavy (non-hydrogen) atoms. The van der Waals surface area contributed by atoms with Crippen molar-refractivity contribution in [1.29, 1.82) is 0 Å². The Morgan fingerprint density at radius 1 is 1.25 bits per heavy atom. The molecule has 0 aliphatic heterocycles.